The number of likely N-dealkylation sites (tertiary alicyclic amines) is 2. The lowest BCUT2D eigenvalue weighted by molar-refractivity contribution is -0.143. The summed E-state index contributed by atoms with van der Waals surface area (Å²) < 4.78 is 0. The fourth-order valence-corrected chi connectivity index (χ4v) is 5.29. The van der Waals surface area contributed by atoms with Gasteiger partial charge in [-0.1, -0.05) is 12.8 Å². The highest BCUT2D eigenvalue weighted by Crippen LogP contribution is 2.41. The zero-order valence-corrected chi connectivity index (χ0v) is 17.2. The smallest absolute Gasteiger partial charge is 0.243 e. The van der Waals surface area contributed by atoms with Gasteiger partial charge < -0.3 is 15.5 Å². The Balaban J connectivity index is 1.45. The maximum atomic E-state index is 13.4. The summed E-state index contributed by atoms with van der Waals surface area (Å²) in [4.78, 5) is 42.3. The van der Waals surface area contributed by atoms with Crippen LogP contribution in [-0.4, -0.2) is 71.8 Å². The molecule has 0 bridgehead atoms. The Bertz CT molecular complexity index is 730. The van der Waals surface area contributed by atoms with Crippen LogP contribution in [0.5, 0.6) is 0 Å². The Kier molecular flexibility index (Phi) is 5.52. The van der Waals surface area contributed by atoms with Gasteiger partial charge in [-0.25, -0.2) is 0 Å². The second-order valence-electron chi connectivity index (χ2n) is 9.20. The van der Waals surface area contributed by atoms with E-state index in [1.165, 1.54) is 0 Å². The lowest BCUT2D eigenvalue weighted by Gasteiger charge is -2.33. The van der Waals surface area contributed by atoms with Crippen molar-refractivity contribution in [2.45, 2.75) is 69.0 Å². The van der Waals surface area contributed by atoms with E-state index in [4.69, 9.17) is 0 Å². The van der Waals surface area contributed by atoms with Gasteiger partial charge in [-0.3, -0.25) is 19.3 Å². The van der Waals surface area contributed by atoms with Gasteiger partial charge in [0.25, 0.3) is 0 Å². The predicted octanol–water partition coefficient (Wildman–Crippen LogP) is 0.386. The van der Waals surface area contributed by atoms with Gasteiger partial charge in [0.15, 0.2) is 0 Å². The molecule has 4 atom stereocenters. The number of amides is 3. The minimum Gasteiger partial charge on any atom is -0.356 e. The molecule has 0 radical (unpaired) electrons. The van der Waals surface area contributed by atoms with E-state index in [0.29, 0.717) is 38.3 Å². The van der Waals surface area contributed by atoms with Crippen molar-refractivity contribution in [3.8, 4) is 6.07 Å². The van der Waals surface area contributed by atoms with Crippen LogP contribution in [0.4, 0.5) is 0 Å². The minimum atomic E-state index is -0.709. The van der Waals surface area contributed by atoms with E-state index in [1.54, 1.807) is 4.90 Å². The fourth-order valence-electron chi connectivity index (χ4n) is 5.29. The fraction of sp³-hybridized carbons (Fsp3) is 0.810. The van der Waals surface area contributed by atoms with Crippen LogP contribution in [0.3, 0.4) is 0 Å². The summed E-state index contributed by atoms with van der Waals surface area (Å²) in [5.74, 6) is 0.0352. The molecule has 3 heterocycles. The van der Waals surface area contributed by atoms with Gasteiger partial charge in [-0.2, -0.15) is 5.26 Å². The van der Waals surface area contributed by atoms with E-state index >= 15 is 0 Å². The number of nitrogens with one attached hydrogen (secondary N) is 2. The third-order valence-electron chi connectivity index (χ3n) is 7.33. The van der Waals surface area contributed by atoms with Gasteiger partial charge in [0.1, 0.15) is 17.6 Å². The first-order chi connectivity index (χ1) is 13.9. The van der Waals surface area contributed by atoms with E-state index in [1.807, 2.05) is 7.05 Å². The van der Waals surface area contributed by atoms with Crippen LogP contribution in [0.1, 0.15) is 51.4 Å². The lowest BCUT2D eigenvalue weighted by atomic mass is 9.94. The van der Waals surface area contributed by atoms with Crippen LogP contribution in [0, 0.1) is 23.2 Å². The molecule has 1 saturated carbocycles. The molecule has 0 aromatic carbocycles. The molecule has 29 heavy (non-hydrogen) atoms. The molecule has 0 aromatic rings. The predicted molar refractivity (Wildman–Crippen MR) is 105 cm³/mol. The highest BCUT2D eigenvalue weighted by molar-refractivity contribution is 5.94. The summed E-state index contributed by atoms with van der Waals surface area (Å²) >= 11 is 0. The summed E-state index contributed by atoms with van der Waals surface area (Å²) in [5, 5.41) is 15.2. The van der Waals surface area contributed by atoms with Gasteiger partial charge in [0.05, 0.1) is 6.07 Å². The Morgan fingerprint density at radius 3 is 2.66 bits per heavy atom. The van der Waals surface area contributed by atoms with Gasteiger partial charge >= 0.3 is 0 Å². The summed E-state index contributed by atoms with van der Waals surface area (Å²) in [7, 11) is 2.00. The average molecular weight is 402 g/mol. The zero-order valence-electron chi connectivity index (χ0n) is 17.2. The number of carbonyl (C=O) groups is 3. The quantitative estimate of drug-likeness (QED) is 0.642. The molecule has 8 nitrogen and oxygen atoms in total. The first kappa shape index (κ1) is 20.1. The van der Waals surface area contributed by atoms with Crippen molar-refractivity contribution in [2.24, 2.45) is 11.8 Å². The molecule has 158 valence electrons. The number of hydrogen-bond donors (Lipinski definition) is 2. The zero-order chi connectivity index (χ0) is 20.6. The van der Waals surface area contributed by atoms with Gasteiger partial charge in [-0.05, 0) is 58.0 Å². The van der Waals surface area contributed by atoms with Crippen LogP contribution in [-0.2, 0) is 14.4 Å². The van der Waals surface area contributed by atoms with Gasteiger partial charge in [0, 0.05) is 19.0 Å². The molecule has 4 fully saturated rings. The number of likely N-dealkylation sites (N-methyl/N-ethyl adjacent to an activating group) is 1. The molecule has 3 saturated heterocycles. The molecule has 1 spiro atoms. The normalized spacial score (nSPS) is 31.7. The van der Waals surface area contributed by atoms with Crippen molar-refractivity contribution in [3.05, 3.63) is 0 Å². The standard InChI is InChI=1S/C21H31N5O3/c1-25-9-2-6-21(25)7-10-26(20(21)29)17(11-14-3-4-14)19(28)24-16(13-22)12-15-5-8-23-18(15)27/h14-17H,2-12H2,1H3,(H,23,27)(H,24,28)/t15-,16-,17-,21?/m0/s1. The molecule has 2 N–H and O–H groups in total. The third kappa shape index (κ3) is 3.85. The van der Waals surface area contributed by atoms with E-state index in [-0.39, 0.29) is 23.6 Å². The van der Waals surface area contributed by atoms with Crippen LogP contribution >= 0.6 is 0 Å². The van der Waals surface area contributed by atoms with Crippen LogP contribution in [0.15, 0.2) is 0 Å². The molecule has 3 amide bonds. The topological polar surface area (TPSA) is 106 Å². The summed E-state index contributed by atoms with van der Waals surface area (Å²) in [6.07, 6.45) is 6.51. The molecule has 4 aliphatic rings. The second kappa shape index (κ2) is 7.94. The number of rotatable bonds is 7. The van der Waals surface area contributed by atoms with Crippen molar-refractivity contribution in [2.75, 3.05) is 26.7 Å². The van der Waals surface area contributed by atoms with E-state index < -0.39 is 17.6 Å². The molecular formula is C21H31N5O3. The monoisotopic (exact) mass is 401 g/mol. The van der Waals surface area contributed by atoms with Crippen LogP contribution in [0.2, 0.25) is 0 Å². The molecule has 8 heteroatoms. The molecule has 3 aliphatic heterocycles. The van der Waals surface area contributed by atoms with Crippen molar-refractivity contribution >= 4 is 17.7 Å². The summed E-state index contributed by atoms with van der Waals surface area (Å²) in [6, 6.07) is 0.912. The highest BCUT2D eigenvalue weighted by atomic mass is 16.2. The second-order valence-corrected chi connectivity index (χ2v) is 9.20. The first-order valence-corrected chi connectivity index (χ1v) is 10.9. The highest BCUT2D eigenvalue weighted by Gasteiger charge is 2.54. The van der Waals surface area contributed by atoms with Crippen molar-refractivity contribution < 1.29 is 14.4 Å². The van der Waals surface area contributed by atoms with Crippen LogP contribution < -0.4 is 10.6 Å². The largest absolute Gasteiger partial charge is 0.356 e. The number of nitrogens with zero attached hydrogens (tertiary/aromatic N) is 3. The molecule has 0 aromatic heterocycles. The Morgan fingerprint density at radius 2 is 2.07 bits per heavy atom. The maximum Gasteiger partial charge on any atom is 0.243 e. The molecule has 1 aliphatic carbocycles. The van der Waals surface area contributed by atoms with Crippen molar-refractivity contribution in [3.63, 3.8) is 0 Å². The third-order valence-corrected chi connectivity index (χ3v) is 7.33. The molecular weight excluding hydrogens is 370 g/mol. The van der Waals surface area contributed by atoms with Gasteiger partial charge in [-0.15, -0.1) is 0 Å². The Labute approximate surface area is 172 Å². The van der Waals surface area contributed by atoms with Crippen LogP contribution in [0.25, 0.3) is 0 Å². The molecule has 4 rings (SSSR count). The van der Waals surface area contributed by atoms with E-state index in [2.05, 4.69) is 21.6 Å². The van der Waals surface area contributed by atoms with E-state index in [9.17, 15) is 19.6 Å². The number of carbonyl (C=O) groups excluding carboxylic acids is 3. The van der Waals surface area contributed by atoms with E-state index in [0.717, 1.165) is 38.6 Å². The Hall–Kier alpha value is -2.14. The number of hydrogen-bond acceptors (Lipinski definition) is 5. The average Bonchev–Trinajstić information content (AvgIpc) is 3.19. The Morgan fingerprint density at radius 1 is 1.28 bits per heavy atom. The molecule has 1 unspecified atom stereocenters. The summed E-state index contributed by atoms with van der Waals surface area (Å²) in [5.41, 5.74) is -0.446. The van der Waals surface area contributed by atoms with Crippen molar-refractivity contribution in [1.29, 1.82) is 5.26 Å². The lowest BCUT2D eigenvalue weighted by Crippen LogP contribution is -2.55. The minimum absolute atomic E-state index is 0.0463. The maximum absolute atomic E-state index is 13.4. The SMILES string of the molecule is CN1CCCC12CCN([C@@H](CC1CC1)C(=O)N[C@H](C#N)C[C@@H]1CCNC1=O)C2=O. The first-order valence-electron chi connectivity index (χ1n) is 10.9. The number of nitriles is 1. The van der Waals surface area contributed by atoms with Gasteiger partial charge in [0.2, 0.25) is 17.7 Å². The summed E-state index contributed by atoms with van der Waals surface area (Å²) in [6.45, 7) is 2.13. The van der Waals surface area contributed by atoms with Crippen molar-refractivity contribution in [1.82, 2.24) is 20.4 Å².